The number of hydrogen-bond acceptors (Lipinski definition) is 4. The zero-order chi connectivity index (χ0) is 12.1. The molecule has 0 bridgehead atoms. The van der Waals surface area contributed by atoms with Crippen molar-refractivity contribution in [1.82, 2.24) is 0 Å². The van der Waals surface area contributed by atoms with E-state index < -0.39 is 11.2 Å². The molecule has 0 aromatic heterocycles. The van der Waals surface area contributed by atoms with E-state index in [9.17, 15) is 10.1 Å². The van der Waals surface area contributed by atoms with Gasteiger partial charge in [0.15, 0.2) is 6.29 Å². The second kappa shape index (κ2) is 5.79. The Kier molecular flexibility index (Phi) is 4.67. The molecule has 6 heteroatoms. The predicted molar refractivity (Wildman–Crippen MR) is 59.6 cm³/mol. The number of nitro groups is 1. The summed E-state index contributed by atoms with van der Waals surface area (Å²) in [6, 6.07) is 4.41. The van der Waals surface area contributed by atoms with Crippen LogP contribution >= 0.6 is 11.6 Å². The average Bonchev–Trinajstić information content (AvgIpc) is 2.25. The molecule has 5 nitrogen and oxygen atoms in total. The molecule has 0 aliphatic carbocycles. The SMILES string of the molecule is COC(Cc1cc(Cl)ccc1[N+](=O)[O-])OC. The smallest absolute Gasteiger partial charge is 0.272 e. The molecule has 0 saturated heterocycles. The van der Waals surface area contributed by atoms with Crippen molar-refractivity contribution in [3.63, 3.8) is 0 Å². The molecule has 0 N–H and O–H groups in total. The highest BCUT2D eigenvalue weighted by molar-refractivity contribution is 6.30. The van der Waals surface area contributed by atoms with Crippen molar-refractivity contribution in [2.75, 3.05) is 14.2 Å². The zero-order valence-corrected chi connectivity index (χ0v) is 9.73. The molecule has 0 fully saturated rings. The lowest BCUT2D eigenvalue weighted by molar-refractivity contribution is -0.385. The maximum Gasteiger partial charge on any atom is 0.272 e. The van der Waals surface area contributed by atoms with Crippen LogP contribution in [0.15, 0.2) is 18.2 Å². The number of nitro benzene ring substituents is 1. The van der Waals surface area contributed by atoms with Gasteiger partial charge in [-0.3, -0.25) is 10.1 Å². The molecule has 0 spiro atoms. The van der Waals surface area contributed by atoms with E-state index in [1.807, 2.05) is 0 Å². The highest BCUT2D eigenvalue weighted by Gasteiger charge is 2.17. The molecule has 88 valence electrons. The van der Waals surface area contributed by atoms with Crippen LogP contribution < -0.4 is 0 Å². The van der Waals surface area contributed by atoms with E-state index in [1.165, 1.54) is 26.4 Å². The maximum absolute atomic E-state index is 10.8. The van der Waals surface area contributed by atoms with Crippen LogP contribution in [0.1, 0.15) is 5.56 Å². The fourth-order valence-electron chi connectivity index (χ4n) is 1.34. The summed E-state index contributed by atoms with van der Waals surface area (Å²) in [6.07, 6.45) is -0.235. The van der Waals surface area contributed by atoms with Crippen molar-refractivity contribution in [2.45, 2.75) is 12.7 Å². The van der Waals surface area contributed by atoms with Crippen LogP contribution in [0.5, 0.6) is 0 Å². The van der Waals surface area contributed by atoms with Crippen molar-refractivity contribution in [3.8, 4) is 0 Å². The minimum Gasteiger partial charge on any atom is -0.356 e. The van der Waals surface area contributed by atoms with Gasteiger partial charge in [-0.1, -0.05) is 11.6 Å². The topological polar surface area (TPSA) is 61.6 Å². The maximum atomic E-state index is 10.8. The van der Waals surface area contributed by atoms with Crippen LogP contribution in [0.4, 0.5) is 5.69 Å². The molecule has 0 heterocycles. The monoisotopic (exact) mass is 245 g/mol. The fraction of sp³-hybridized carbons (Fsp3) is 0.400. The Hall–Kier alpha value is -1.17. The molecule has 0 radical (unpaired) electrons. The summed E-state index contributed by atoms with van der Waals surface area (Å²) in [6.45, 7) is 0. The Labute approximate surface area is 98.1 Å². The lowest BCUT2D eigenvalue weighted by atomic mass is 10.1. The van der Waals surface area contributed by atoms with Gasteiger partial charge in [0.25, 0.3) is 5.69 Å². The first-order valence-electron chi connectivity index (χ1n) is 4.57. The third-order valence-electron chi connectivity index (χ3n) is 2.15. The molecule has 0 atom stereocenters. The van der Waals surface area contributed by atoms with Crippen LogP contribution in [0.2, 0.25) is 5.02 Å². The van der Waals surface area contributed by atoms with Gasteiger partial charge in [-0.15, -0.1) is 0 Å². The summed E-state index contributed by atoms with van der Waals surface area (Å²) in [5, 5.41) is 11.2. The van der Waals surface area contributed by atoms with Gasteiger partial charge < -0.3 is 9.47 Å². The number of hydrogen-bond donors (Lipinski definition) is 0. The van der Waals surface area contributed by atoms with E-state index in [2.05, 4.69) is 0 Å². The molecular weight excluding hydrogens is 234 g/mol. The fourth-order valence-corrected chi connectivity index (χ4v) is 1.53. The average molecular weight is 246 g/mol. The van der Waals surface area contributed by atoms with Crippen molar-refractivity contribution in [2.24, 2.45) is 0 Å². The van der Waals surface area contributed by atoms with Gasteiger partial charge in [0.1, 0.15) is 0 Å². The Bertz CT molecular complexity index is 379. The molecule has 0 aliphatic heterocycles. The summed E-state index contributed by atoms with van der Waals surface area (Å²) in [7, 11) is 2.95. The Balaban J connectivity index is 3.00. The second-order valence-electron chi connectivity index (χ2n) is 3.14. The van der Waals surface area contributed by atoms with Gasteiger partial charge in [-0.2, -0.15) is 0 Å². The highest BCUT2D eigenvalue weighted by Crippen LogP contribution is 2.24. The molecule has 0 unspecified atom stereocenters. The second-order valence-corrected chi connectivity index (χ2v) is 3.57. The first kappa shape index (κ1) is 12.9. The van der Waals surface area contributed by atoms with E-state index in [0.29, 0.717) is 10.6 Å². The Morgan fingerprint density at radius 1 is 1.44 bits per heavy atom. The van der Waals surface area contributed by atoms with Crippen molar-refractivity contribution >= 4 is 17.3 Å². The number of benzene rings is 1. The number of ether oxygens (including phenoxy) is 2. The molecule has 0 aliphatic rings. The van der Waals surface area contributed by atoms with Gasteiger partial charge >= 0.3 is 0 Å². The number of rotatable bonds is 5. The van der Waals surface area contributed by atoms with Crippen molar-refractivity contribution in [3.05, 3.63) is 38.9 Å². The largest absolute Gasteiger partial charge is 0.356 e. The number of halogens is 1. The highest BCUT2D eigenvalue weighted by atomic mass is 35.5. The van der Waals surface area contributed by atoms with Crippen LogP contribution in [-0.2, 0) is 15.9 Å². The molecule has 0 amide bonds. The first-order chi connectivity index (χ1) is 7.58. The number of nitrogens with zero attached hydrogens (tertiary/aromatic N) is 1. The minimum absolute atomic E-state index is 0.0171. The van der Waals surface area contributed by atoms with E-state index in [-0.39, 0.29) is 12.1 Å². The summed E-state index contributed by atoms with van der Waals surface area (Å²) in [5.74, 6) is 0. The summed E-state index contributed by atoms with van der Waals surface area (Å²) in [5.41, 5.74) is 0.509. The van der Waals surface area contributed by atoms with Gasteiger partial charge in [0, 0.05) is 37.3 Å². The Morgan fingerprint density at radius 3 is 2.56 bits per heavy atom. The lowest BCUT2D eigenvalue weighted by Gasteiger charge is -2.13. The van der Waals surface area contributed by atoms with Gasteiger partial charge in [0.05, 0.1) is 4.92 Å². The molecule has 1 aromatic carbocycles. The Morgan fingerprint density at radius 2 is 2.06 bits per heavy atom. The molecule has 16 heavy (non-hydrogen) atoms. The molecular formula is C10H12ClNO4. The van der Waals surface area contributed by atoms with E-state index in [4.69, 9.17) is 21.1 Å². The predicted octanol–water partition coefficient (Wildman–Crippen LogP) is 2.41. The summed E-state index contributed by atoms with van der Waals surface area (Å²) >= 11 is 5.79. The number of methoxy groups -OCH3 is 2. The third kappa shape index (κ3) is 3.16. The van der Waals surface area contributed by atoms with Crippen LogP contribution in [0.3, 0.4) is 0 Å². The van der Waals surface area contributed by atoms with E-state index in [0.717, 1.165) is 0 Å². The minimum atomic E-state index is -0.517. The quantitative estimate of drug-likeness (QED) is 0.454. The van der Waals surface area contributed by atoms with E-state index >= 15 is 0 Å². The van der Waals surface area contributed by atoms with Gasteiger partial charge in [0.2, 0.25) is 0 Å². The van der Waals surface area contributed by atoms with Gasteiger partial charge in [-0.05, 0) is 12.1 Å². The standard InChI is InChI=1S/C10H12ClNO4/c1-15-10(16-2)6-7-5-8(11)3-4-9(7)12(13)14/h3-5,10H,6H2,1-2H3. The van der Waals surface area contributed by atoms with E-state index in [1.54, 1.807) is 6.07 Å². The summed E-state index contributed by atoms with van der Waals surface area (Å²) < 4.78 is 9.98. The zero-order valence-electron chi connectivity index (χ0n) is 8.97. The van der Waals surface area contributed by atoms with Crippen molar-refractivity contribution < 1.29 is 14.4 Å². The van der Waals surface area contributed by atoms with Crippen molar-refractivity contribution in [1.29, 1.82) is 0 Å². The molecule has 1 rings (SSSR count). The molecule has 0 saturated carbocycles. The molecule has 1 aromatic rings. The first-order valence-corrected chi connectivity index (χ1v) is 4.94. The van der Waals surface area contributed by atoms with Crippen LogP contribution in [0, 0.1) is 10.1 Å². The normalized spacial score (nSPS) is 10.8. The van der Waals surface area contributed by atoms with Crippen LogP contribution in [0.25, 0.3) is 0 Å². The third-order valence-corrected chi connectivity index (χ3v) is 2.39. The lowest BCUT2D eigenvalue weighted by Crippen LogP contribution is -2.16. The van der Waals surface area contributed by atoms with Gasteiger partial charge in [-0.25, -0.2) is 0 Å². The summed E-state index contributed by atoms with van der Waals surface area (Å²) in [4.78, 5) is 10.3. The van der Waals surface area contributed by atoms with Crippen LogP contribution in [-0.4, -0.2) is 25.4 Å².